The average Bonchev–Trinajstić information content (AvgIpc) is 2.72. The van der Waals surface area contributed by atoms with Crippen molar-refractivity contribution in [2.24, 2.45) is 0 Å². The van der Waals surface area contributed by atoms with Crippen molar-refractivity contribution in [2.75, 3.05) is 34.0 Å². The van der Waals surface area contributed by atoms with Crippen LogP contribution in [0.2, 0.25) is 0 Å². The van der Waals surface area contributed by atoms with E-state index in [0.29, 0.717) is 25.4 Å². The zero-order valence-electron chi connectivity index (χ0n) is 17.1. The van der Waals surface area contributed by atoms with Gasteiger partial charge in [-0.05, 0) is 67.6 Å². The Morgan fingerprint density at radius 3 is 2.31 bits per heavy atom. The van der Waals surface area contributed by atoms with Gasteiger partial charge in [0.15, 0.2) is 11.5 Å². The van der Waals surface area contributed by atoms with Crippen LogP contribution in [0.3, 0.4) is 0 Å². The number of methoxy groups -OCH3 is 2. The van der Waals surface area contributed by atoms with Crippen molar-refractivity contribution < 1.29 is 29.2 Å². The number of benzene rings is 2. The Morgan fingerprint density at radius 1 is 0.897 bits per heavy atom. The molecule has 0 fully saturated rings. The van der Waals surface area contributed by atoms with Gasteiger partial charge < -0.3 is 29.2 Å². The molecule has 1 atom stereocenters. The number of ether oxygens (including phenoxy) is 4. The average molecular weight is 425 g/mol. The van der Waals surface area contributed by atoms with Gasteiger partial charge in [0, 0.05) is 6.61 Å². The van der Waals surface area contributed by atoms with E-state index in [4.69, 9.17) is 18.9 Å². The van der Waals surface area contributed by atoms with Crippen molar-refractivity contribution in [3.8, 4) is 23.0 Å². The van der Waals surface area contributed by atoms with E-state index in [-0.39, 0.29) is 25.9 Å². The van der Waals surface area contributed by atoms with Crippen LogP contribution in [0.25, 0.3) is 0 Å². The van der Waals surface area contributed by atoms with E-state index in [1.165, 1.54) is 0 Å². The molecule has 0 saturated heterocycles. The minimum atomic E-state index is -0.513. The fraction of sp³-hybridized carbons (Fsp3) is 0.455. The molecule has 2 N–H and O–H groups in total. The molecule has 0 unspecified atom stereocenters. The number of phenolic OH excluding ortho intramolecular Hbond substituents is 1. The molecule has 0 aliphatic rings. The number of phenols is 1. The molecule has 0 aliphatic heterocycles. The molecule has 0 amide bonds. The Kier molecular flexibility index (Phi) is 12.0. The van der Waals surface area contributed by atoms with Crippen LogP contribution in [0.4, 0.5) is 0 Å². The van der Waals surface area contributed by atoms with Crippen LogP contribution in [0.15, 0.2) is 42.5 Å². The Bertz CT molecular complexity index is 692. The summed E-state index contributed by atoms with van der Waals surface area (Å²) in [7, 11) is 3.25. The highest BCUT2D eigenvalue weighted by Gasteiger charge is 2.06. The number of aliphatic hydroxyl groups is 1. The molecule has 0 spiro atoms. The van der Waals surface area contributed by atoms with Crippen LogP contribution in [-0.4, -0.2) is 50.4 Å². The predicted molar refractivity (Wildman–Crippen MR) is 118 cm³/mol. The summed E-state index contributed by atoms with van der Waals surface area (Å²) in [6, 6.07) is 12.3. The molecular weight excluding hydrogens is 392 g/mol. The van der Waals surface area contributed by atoms with Crippen molar-refractivity contribution in [1.29, 1.82) is 0 Å². The molecule has 0 aliphatic carbocycles. The van der Waals surface area contributed by atoms with Crippen molar-refractivity contribution in [3.63, 3.8) is 0 Å². The minimum absolute atomic E-state index is 0. The molecule has 2 aromatic rings. The Morgan fingerprint density at radius 2 is 1.62 bits per heavy atom. The first-order valence-corrected chi connectivity index (χ1v) is 9.51. The van der Waals surface area contributed by atoms with Gasteiger partial charge in [-0.3, -0.25) is 0 Å². The third-order valence-electron chi connectivity index (χ3n) is 4.34. The van der Waals surface area contributed by atoms with Crippen molar-refractivity contribution in [2.45, 2.75) is 31.8 Å². The monoisotopic (exact) mass is 424 g/mol. The van der Waals surface area contributed by atoms with Crippen molar-refractivity contribution in [1.82, 2.24) is 0 Å². The fourth-order valence-corrected chi connectivity index (χ4v) is 2.73. The highest BCUT2D eigenvalue weighted by Crippen LogP contribution is 2.27. The number of unbranched alkanes of at least 4 members (excludes halogenated alkanes) is 1. The van der Waals surface area contributed by atoms with Crippen LogP contribution in [0, 0.1) is 0 Å². The minimum Gasteiger partial charge on any atom is -0.508 e. The van der Waals surface area contributed by atoms with E-state index >= 15 is 0 Å². The molecule has 0 saturated carbocycles. The first-order chi connectivity index (χ1) is 13.6. The second-order valence-corrected chi connectivity index (χ2v) is 6.51. The van der Waals surface area contributed by atoms with Gasteiger partial charge in [0.2, 0.25) is 0 Å². The second kappa shape index (κ2) is 14.0. The Balaban J connectivity index is 0.00000420. The molecule has 29 heavy (non-hydrogen) atoms. The summed E-state index contributed by atoms with van der Waals surface area (Å²) in [5.41, 5.74) is 1.14. The topological polar surface area (TPSA) is 77.4 Å². The van der Waals surface area contributed by atoms with Gasteiger partial charge in [-0.15, -0.1) is 0 Å². The Labute approximate surface area is 179 Å². The van der Waals surface area contributed by atoms with Crippen LogP contribution in [0.1, 0.15) is 24.8 Å². The van der Waals surface area contributed by atoms with Crippen LogP contribution < -0.4 is 14.2 Å². The summed E-state index contributed by atoms with van der Waals surface area (Å²) in [5.74, 6) is 2.28. The second-order valence-electron chi connectivity index (χ2n) is 6.51. The zero-order valence-corrected chi connectivity index (χ0v) is 18.1. The molecule has 2 rings (SSSR count). The number of aromatic hydroxyl groups is 1. The normalized spacial score (nSPS) is 11.4. The van der Waals surface area contributed by atoms with Gasteiger partial charge in [-0.2, -0.15) is 13.5 Å². The van der Waals surface area contributed by atoms with E-state index in [2.05, 4.69) is 0 Å². The molecule has 162 valence electrons. The van der Waals surface area contributed by atoms with Crippen molar-refractivity contribution >= 4 is 13.5 Å². The van der Waals surface area contributed by atoms with Gasteiger partial charge in [-0.1, -0.05) is 6.07 Å². The van der Waals surface area contributed by atoms with Crippen LogP contribution >= 0.6 is 13.5 Å². The van der Waals surface area contributed by atoms with E-state index in [1.807, 2.05) is 18.2 Å². The summed E-state index contributed by atoms with van der Waals surface area (Å²) >= 11 is 0. The summed E-state index contributed by atoms with van der Waals surface area (Å²) in [5, 5.41) is 19.2. The third-order valence-corrected chi connectivity index (χ3v) is 4.34. The maximum atomic E-state index is 9.97. The summed E-state index contributed by atoms with van der Waals surface area (Å²) in [6.07, 6.45) is 2.72. The summed E-state index contributed by atoms with van der Waals surface area (Å²) < 4.78 is 21.7. The molecule has 0 aromatic heterocycles. The van der Waals surface area contributed by atoms with Crippen LogP contribution in [-0.2, 0) is 11.2 Å². The molecule has 0 radical (unpaired) electrons. The highest BCUT2D eigenvalue weighted by molar-refractivity contribution is 7.59. The SMILES string of the molecule is COc1ccc(CCOCCCC[C@H](O)COc2ccc(O)cc2)cc1OC.S. The number of hydrogen-bond donors (Lipinski definition) is 2. The lowest BCUT2D eigenvalue weighted by Gasteiger charge is -2.12. The lowest BCUT2D eigenvalue weighted by Crippen LogP contribution is -2.17. The van der Waals surface area contributed by atoms with Gasteiger partial charge >= 0.3 is 0 Å². The standard InChI is InChI=1S/C22H30O6.H2S/c1-25-21-11-6-17(15-22(21)26-2)12-14-27-13-4-3-5-19(24)16-28-20-9-7-18(23)8-10-20;/h6-11,15,19,23-24H,3-5,12-14,16H2,1-2H3;1H2/t19-;/m0./s1. The molecule has 0 heterocycles. The Hall–Kier alpha value is -2.09. The quantitative estimate of drug-likeness (QED) is 0.478. The number of rotatable bonds is 13. The molecular formula is C22H32O6S. The van der Waals surface area contributed by atoms with E-state index in [9.17, 15) is 10.2 Å². The van der Waals surface area contributed by atoms with E-state index < -0.39 is 6.10 Å². The summed E-state index contributed by atoms with van der Waals surface area (Å²) in [6.45, 7) is 1.55. The molecule has 6 nitrogen and oxygen atoms in total. The lowest BCUT2D eigenvalue weighted by atomic mass is 10.1. The van der Waals surface area contributed by atoms with Gasteiger partial charge in [-0.25, -0.2) is 0 Å². The zero-order chi connectivity index (χ0) is 20.2. The van der Waals surface area contributed by atoms with Gasteiger partial charge in [0.05, 0.1) is 26.9 Å². The lowest BCUT2D eigenvalue weighted by molar-refractivity contribution is 0.0904. The third kappa shape index (κ3) is 9.30. The maximum Gasteiger partial charge on any atom is 0.160 e. The van der Waals surface area contributed by atoms with Crippen LogP contribution in [0.5, 0.6) is 23.0 Å². The predicted octanol–water partition coefficient (Wildman–Crippen LogP) is 3.69. The molecule has 7 heteroatoms. The first kappa shape index (κ1) is 24.9. The highest BCUT2D eigenvalue weighted by atomic mass is 32.1. The number of aliphatic hydroxyl groups excluding tert-OH is 1. The largest absolute Gasteiger partial charge is 0.508 e. The molecule has 2 aromatic carbocycles. The maximum absolute atomic E-state index is 9.97. The first-order valence-electron chi connectivity index (χ1n) is 9.51. The van der Waals surface area contributed by atoms with Gasteiger partial charge in [0.1, 0.15) is 18.1 Å². The smallest absolute Gasteiger partial charge is 0.160 e. The van der Waals surface area contributed by atoms with E-state index in [1.54, 1.807) is 38.5 Å². The fourth-order valence-electron chi connectivity index (χ4n) is 2.73. The summed E-state index contributed by atoms with van der Waals surface area (Å²) in [4.78, 5) is 0. The molecule has 0 bridgehead atoms. The number of hydrogen-bond acceptors (Lipinski definition) is 6. The van der Waals surface area contributed by atoms with Gasteiger partial charge in [0.25, 0.3) is 0 Å². The van der Waals surface area contributed by atoms with Crippen molar-refractivity contribution in [3.05, 3.63) is 48.0 Å². The van der Waals surface area contributed by atoms with E-state index in [0.717, 1.165) is 36.3 Å².